The van der Waals surface area contributed by atoms with Gasteiger partial charge in [-0.3, -0.25) is 14.4 Å². The van der Waals surface area contributed by atoms with E-state index in [4.69, 9.17) is 4.74 Å². The molecule has 1 aliphatic heterocycles. The Morgan fingerprint density at radius 2 is 1.28 bits per heavy atom. The first-order chi connectivity index (χ1) is 17.4. The maximum Gasteiger partial charge on any atom is 0.239 e. The second-order valence-corrected chi connectivity index (χ2v) is 9.98. The number of nitrogens with zero attached hydrogens (tertiary/aromatic N) is 1. The minimum atomic E-state index is -1.13. The number of para-hydroxylation sites is 2. The minimum absolute atomic E-state index is 0.0217. The zero-order valence-corrected chi connectivity index (χ0v) is 20.5. The maximum atomic E-state index is 14.5. The number of ether oxygens (including phenoxy) is 1. The second-order valence-electron chi connectivity index (χ2n) is 9.98. The van der Waals surface area contributed by atoms with Crippen molar-refractivity contribution in [1.29, 1.82) is 0 Å². The van der Waals surface area contributed by atoms with E-state index in [1.54, 1.807) is 24.3 Å². The van der Waals surface area contributed by atoms with Gasteiger partial charge in [0.1, 0.15) is 5.75 Å². The van der Waals surface area contributed by atoms with Crippen LogP contribution < -0.4 is 9.64 Å². The number of benzene rings is 3. The number of hydrogen-bond donors (Lipinski definition) is 0. The van der Waals surface area contributed by atoms with E-state index in [1.165, 1.54) is 12.0 Å². The van der Waals surface area contributed by atoms with Crippen LogP contribution in [0.4, 0.5) is 5.69 Å². The van der Waals surface area contributed by atoms with Crippen molar-refractivity contribution in [3.8, 4) is 5.75 Å². The third-order valence-electron chi connectivity index (χ3n) is 8.56. The van der Waals surface area contributed by atoms with Crippen LogP contribution in [0.3, 0.4) is 0 Å². The normalized spacial score (nSPS) is 28.8. The number of allylic oxidation sites excluding steroid dienone is 2. The van der Waals surface area contributed by atoms with Crippen molar-refractivity contribution in [3.05, 3.63) is 96.1 Å². The van der Waals surface area contributed by atoms with Crippen molar-refractivity contribution >= 4 is 34.4 Å². The number of amides is 2. The largest absolute Gasteiger partial charge is 0.495 e. The lowest BCUT2D eigenvalue weighted by molar-refractivity contribution is -0.134. The Morgan fingerprint density at radius 3 is 1.86 bits per heavy atom. The van der Waals surface area contributed by atoms with Crippen LogP contribution in [0.2, 0.25) is 0 Å². The number of hydrogen-bond acceptors (Lipinski definition) is 4. The molecular weight excluding hydrogens is 450 g/mol. The molecule has 0 radical (unpaired) electrons. The lowest BCUT2D eigenvalue weighted by atomic mass is 9.62. The highest BCUT2D eigenvalue weighted by molar-refractivity contribution is 6.34. The molecule has 5 nitrogen and oxygen atoms in total. The maximum absolute atomic E-state index is 14.5. The van der Waals surface area contributed by atoms with Crippen LogP contribution >= 0.6 is 0 Å². The van der Waals surface area contributed by atoms with E-state index in [1.807, 2.05) is 74.5 Å². The lowest BCUT2D eigenvalue weighted by Crippen LogP contribution is -2.41. The summed E-state index contributed by atoms with van der Waals surface area (Å²) in [6.45, 7) is 3.83. The molecule has 5 heteroatoms. The quantitative estimate of drug-likeness (QED) is 0.461. The van der Waals surface area contributed by atoms with Gasteiger partial charge in [-0.15, -0.1) is 0 Å². The van der Waals surface area contributed by atoms with Crippen LogP contribution in [0.15, 0.2) is 84.9 Å². The molecule has 2 fully saturated rings. The van der Waals surface area contributed by atoms with E-state index in [0.717, 1.165) is 22.3 Å². The summed E-state index contributed by atoms with van der Waals surface area (Å²) in [7, 11) is 1.52. The van der Waals surface area contributed by atoms with Crippen molar-refractivity contribution in [1.82, 2.24) is 0 Å². The number of Topliss-reactive ketones (excluding diaryl/α,β-unsaturated/α-hetero) is 1. The van der Waals surface area contributed by atoms with Crippen LogP contribution in [0, 0.1) is 22.7 Å². The van der Waals surface area contributed by atoms with E-state index in [2.05, 4.69) is 0 Å². The molecule has 3 aromatic rings. The molecule has 0 unspecified atom stereocenters. The Balaban J connectivity index is 1.65. The standard InChI is InChI=1S/C31H27NO4/c1-4-31-24(20-15-9-6-10-16-20)23(19-13-7-5-8-14-19)30(2,29(31)35)25-26(31)28(34)32(27(25)33)21-17-11-12-18-22(21)36-3/h5-18,25-26H,4H2,1-3H3/t25-,26-,30-,31+/m0/s1. The first kappa shape index (κ1) is 22.5. The molecule has 4 atom stereocenters. The minimum Gasteiger partial charge on any atom is -0.495 e. The molecule has 2 amide bonds. The second kappa shape index (κ2) is 7.76. The molecule has 0 spiro atoms. The Labute approximate surface area is 210 Å². The predicted octanol–water partition coefficient (Wildman–Crippen LogP) is 5.41. The van der Waals surface area contributed by atoms with Crippen molar-refractivity contribution in [2.24, 2.45) is 22.7 Å². The van der Waals surface area contributed by atoms with Gasteiger partial charge in [-0.2, -0.15) is 0 Å². The Kier molecular flexibility index (Phi) is 4.84. The highest BCUT2D eigenvalue weighted by atomic mass is 16.5. The molecule has 3 aliphatic rings. The molecule has 0 aromatic heterocycles. The topological polar surface area (TPSA) is 63.7 Å². The van der Waals surface area contributed by atoms with Crippen LogP contribution in [0.1, 0.15) is 31.4 Å². The van der Waals surface area contributed by atoms with Gasteiger partial charge >= 0.3 is 0 Å². The molecule has 1 heterocycles. The summed E-state index contributed by atoms with van der Waals surface area (Å²) in [5, 5.41) is 0. The number of fused-ring (bicyclic) bond motifs is 5. The van der Waals surface area contributed by atoms with Crippen LogP contribution in [-0.2, 0) is 14.4 Å². The first-order valence-corrected chi connectivity index (χ1v) is 12.3. The molecule has 0 N–H and O–H groups in total. The summed E-state index contributed by atoms with van der Waals surface area (Å²) in [6, 6.07) is 26.7. The molecule has 180 valence electrons. The number of carbonyl (C=O) groups is 3. The van der Waals surface area contributed by atoms with Crippen molar-refractivity contribution < 1.29 is 19.1 Å². The Morgan fingerprint density at radius 1 is 0.750 bits per heavy atom. The third-order valence-corrected chi connectivity index (χ3v) is 8.56. The Bertz CT molecular complexity index is 1440. The van der Waals surface area contributed by atoms with Gasteiger partial charge in [-0.25, -0.2) is 4.90 Å². The molecule has 1 saturated heterocycles. The van der Waals surface area contributed by atoms with E-state index in [-0.39, 0.29) is 17.6 Å². The van der Waals surface area contributed by atoms with Gasteiger partial charge in [0.15, 0.2) is 5.78 Å². The fraction of sp³-hybridized carbons (Fsp3) is 0.258. The molecule has 1 saturated carbocycles. The van der Waals surface area contributed by atoms with E-state index < -0.39 is 22.7 Å². The first-order valence-electron chi connectivity index (χ1n) is 12.3. The fourth-order valence-corrected chi connectivity index (χ4v) is 7.18. The molecular formula is C31H27NO4. The van der Waals surface area contributed by atoms with Crippen molar-refractivity contribution in [3.63, 3.8) is 0 Å². The van der Waals surface area contributed by atoms with Crippen molar-refractivity contribution in [2.75, 3.05) is 12.0 Å². The van der Waals surface area contributed by atoms with Crippen LogP contribution in [-0.4, -0.2) is 24.7 Å². The summed E-state index contributed by atoms with van der Waals surface area (Å²) in [6.07, 6.45) is 0.432. The van der Waals surface area contributed by atoms with Gasteiger partial charge in [-0.1, -0.05) is 79.7 Å². The average molecular weight is 478 g/mol. The number of ketones is 1. The number of imide groups is 1. The van der Waals surface area contributed by atoms with Gasteiger partial charge in [0, 0.05) is 0 Å². The molecule has 2 aliphatic carbocycles. The number of rotatable bonds is 5. The highest BCUT2D eigenvalue weighted by Crippen LogP contribution is 2.74. The summed E-state index contributed by atoms with van der Waals surface area (Å²) >= 11 is 0. The van der Waals surface area contributed by atoms with Gasteiger partial charge in [-0.05, 0) is 47.8 Å². The lowest BCUT2D eigenvalue weighted by Gasteiger charge is -2.37. The van der Waals surface area contributed by atoms with Gasteiger partial charge in [0.25, 0.3) is 0 Å². The molecule has 36 heavy (non-hydrogen) atoms. The van der Waals surface area contributed by atoms with Gasteiger partial charge in [0.2, 0.25) is 11.8 Å². The van der Waals surface area contributed by atoms with E-state index in [0.29, 0.717) is 17.9 Å². The van der Waals surface area contributed by atoms with Crippen molar-refractivity contribution in [2.45, 2.75) is 20.3 Å². The summed E-state index contributed by atoms with van der Waals surface area (Å²) in [4.78, 5) is 44.1. The highest BCUT2D eigenvalue weighted by Gasteiger charge is 2.79. The summed E-state index contributed by atoms with van der Waals surface area (Å²) in [5.74, 6) is -1.76. The monoisotopic (exact) mass is 477 g/mol. The zero-order valence-electron chi connectivity index (χ0n) is 20.5. The predicted molar refractivity (Wildman–Crippen MR) is 138 cm³/mol. The number of anilines is 1. The average Bonchev–Trinajstić information content (AvgIpc) is 3.39. The van der Waals surface area contributed by atoms with Gasteiger partial charge < -0.3 is 4.74 Å². The smallest absolute Gasteiger partial charge is 0.239 e. The molecule has 6 rings (SSSR count). The summed E-state index contributed by atoms with van der Waals surface area (Å²) < 4.78 is 5.50. The number of methoxy groups -OCH3 is 1. The zero-order chi connectivity index (χ0) is 25.2. The molecule has 2 bridgehead atoms. The number of carbonyl (C=O) groups excluding carboxylic acids is 3. The Hall–Kier alpha value is -3.99. The summed E-state index contributed by atoms with van der Waals surface area (Å²) in [5.41, 5.74) is 1.79. The van der Waals surface area contributed by atoms with Crippen LogP contribution in [0.5, 0.6) is 5.75 Å². The van der Waals surface area contributed by atoms with E-state index >= 15 is 0 Å². The fourth-order valence-electron chi connectivity index (χ4n) is 7.18. The third kappa shape index (κ3) is 2.53. The van der Waals surface area contributed by atoms with E-state index in [9.17, 15) is 14.4 Å². The van der Waals surface area contributed by atoms with Crippen LogP contribution in [0.25, 0.3) is 11.1 Å². The molecule has 3 aromatic carbocycles. The van der Waals surface area contributed by atoms with Gasteiger partial charge in [0.05, 0.1) is 35.5 Å². The SMILES string of the molecule is CC[C@@]12C(=O)[C@@](C)(C(c3ccccc3)=C1c1ccccc1)[C@@H]1C(=O)N(c3ccccc3OC)C(=O)[C@H]12.